The van der Waals surface area contributed by atoms with Crippen LogP contribution in [-0.4, -0.2) is 15.5 Å². The van der Waals surface area contributed by atoms with E-state index < -0.39 is 0 Å². The fourth-order valence-corrected chi connectivity index (χ4v) is 1.13. The van der Waals surface area contributed by atoms with Gasteiger partial charge in [0.2, 0.25) is 0 Å². The molecule has 0 radical (unpaired) electrons. The highest BCUT2D eigenvalue weighted by Gasteiger charge is 1.96. The summed E-state index contributed by atoms with van der Waals surface area (Å²) in [5.41, 5.74) is 5.90. The zero-order valence-corrected chi connectivity index (χ0v) is 7.01. The molecule has 13 heavy (non-hydrogen) atoms. The van der Waals surface area contributed by atoms with E-state index in [0.29, 0.717) is 5.82 Å². The van der Waals surface area contributed by atoms with Crippen LogP contribution in [0.1, 0.15) is 5.56 Å². The number of aromatic nitrogens is 4. The molecule has 0 unspecified atom stereocenters. The molecule has 1 aromatic carbocycles. The third-order valence-corrected chi connectivity index (χ3v) is 1.79. The molecule has 3 N–H and O–H groups in total. The van der Waals surface area contributed by atoms with Gasteiger partial charge in [-0.05, 0) is 11.6 Å². The van der Waals surface area contributed by atoms with Crippen LogP contribution in [0.3, 0.4) is 0 Å². The van der Waals surface area contributed by atoms with E-state index in [0.717, 1.165) is 17.7 Å². The third kappa shape index (κ3) is 1.54. The van der Waals surface area contributed by atoms with Crippen molar-refractivity contribution in [1.29, 1.82) is 0 Å². The summed E-state index contributed by atoms with van der Waals surface area (Å²) in [5.74, 6) is 0.565. The highest BCUT2D eigenvalue weighted by Crippen LogP contribution is 2.13. The van der Waals surface area contributed by atoms with Gasteiger partial charge < -0.3 is 10.8 Å². The maximum atomic E-state index is 3.81. The molecule has 0 aliphatic carbocycles. The van der Waals surface area contributed by atoms with Gasteiger partial charge in [0.25, 0.3) is 0 Å². The van der Waals surface area contributed by atoms with E-state index in [2.05, 4.69) is 26.4 Å². The number of hydrogen-bond acceptors (Lipinski definition) is 3. The molecule has 1 aromatic heterocycles. The summed E-state index contributed by atoms with van der Waals surface area (Å²) in [6.45, 7) is 0.759. The quantitative estimate of drug-likeness (QED) is 0.650. The first kappa shape index (κ1) is 7.88. The molecule has 0 aliphatic heterocycles. The van der Waals surface area contributed by atoms with Crippen molar-refractivity contribution in [3.05, 3.63) is 29.8 Å². The molecule has 0 aliphatic rings. The van der Waals surface area contributed by atoms with E-state index in [1.54, 1.807) is 0 Å². The zero-order valence-electron chi connectivity index (χ0n) is 7.01. The van der Waals surface area contributed by atoms with Gasteiger partial charge >= 0.3 is 0 Å². The van der Waals surface area contributed by atoms with Crippen molar-refractivity contribution in [3.63, 3.8) is 0 Å². The molecule has 66 valence electrons. The number of tetrazole rings is 1. The van der Waals surface area contributed by atoms with Crippen molar-refractivity contribution in [2.45, 2.75) is 6.54 Å². The van der Waals surface area contributed by atoms with Crippen molar-refractivity contribution in [2.75, 3.05) is 0 Å². The normalized spacial score (nSPS) is 10.2. The zero-order chi connectivity index (χ0) is 9.10. The summed E-state index contributed by atoms with van der Waals surface area (Å²) in [7, 11) is 0. The Hall–Kier alpha value is -1.75. The lowest BCUT2D eigenvalue weighted by Crippen LogP contribution is -2.47. The summed E-state index contributed by atoms with van der Waals surface area (Å²) in [6, 6.07) is 7.88. The maximum Gasteiger partial charge on any atom is 0.0997 e. The molecule has 0 atom stereocenters. The molecule has 2 aromatic rings. The Balaban J connectivity index is 2.41. The van der Waals surface area contributed by atoms with Crippen LogP contribution in [-0.2, 0) is 6.54 Å². The molecule has 2 rings (SSSR count). The number of nitrogens with zero attached hydrogens (tertiary/aromatic N) is 4. The van der Waals surface area contributed by atoms with Crippen LogP contribution in [0.4, 0.5) is 0 Å². The van der Waals surface area contributed by atoms with Crippen LogP contribution in [0, 0.1) is 0 Å². The van der Waals surface area contributed by atoms with Crippen molar-refractivity contribution in [3.8, 4) is 11.4 Å². The molecule has 1 heterocycles. The molecule has 0 amide bonds. The summed E-state index contributed by atoms with van der Waals surface area (Å²) < 4.78 is 0. The SMILES string of the molecule is [NH3+]Cc1cccc(-c2nnn[n-]2)c1. The monoisotopic (exact) mass is 175 g/mol. The van der Waals surface area contributed by atoms with Crippen molar-refractivity contribution in [1.82, 2.24) is 20.6 Å². The van der Waals surface area contributed by atoms with E-state index in [1.165, 1.54) is 0 Å². The smallest absolute Gasteiger partial charge is 0.0997 e. The highest BCUT2D eigenvalue weighted by atomic mass is 15.5. The first-order chi connectivity index (χ1) is 6.40. The molecule has 0 saturated heterocycles. The van der Waals surface area contributed by atoms with Crippen molar-refractivity contribution < 1.29 is 5.73 Å². The van der Waals surface area contributed by atoms with Crippen molar-refractivity contribution >= 4 is 0 Å². The second-order valence-corrected chi connectivity index (χ2v) is 2.65. The van der Waals surface area contributed by atoms with E-state index in [-0.39, 0.29) is 0 Å². The fraction of sp³-hybridized carbons (Fsp3) is 0.125. The second kappa shape index (κ2) is 3.32. The van der Waals surface area contributed by atoms with Crippen LogP contribution in [0.2, 0.25) is 0 Å². The minimum Gasteiger partial charge on any atom is -0.354 e. The van der Waals surface area contributed by atoms with Crippen LogP contribution in [0.5, 0.6) is 0 Å². The lowest BCUT2D eigenvalue weighted by Gasteiger charge is -2.00. The first-order valence-corrected chi connectivity index (χ1v) is 3.97. The number of rotatable bonds is 2. The summed E-state index contributed by atoms with van der Waals surface area (Å²) >= 11 is 0. The van der Waals surface area contributed by atoms with Crippen LogP contribution >= 0.6 is 0 Å². The minimum absolute atomic E-state index is 0.565. The van der Waals surface area contributed by atoms with E-state index in [9.17, 15) is 0 Å². The molecule has 0 saturated carbocycles. The molecular weight excluding hydrogens is 166 g/mol. The topological polar surface area (TPSA) is 80.4 Å². The Kier molecular flexibility index (Phi) is 2.01. The van der Waals surface area contributed by atoms with Gasteiger partial charge in [0.1, 0.15) is 0 Å². The van der Waals surface area contributed by atoms with Gasteiger partial charge in [-0.25, -0.2) is 0 Å². The molecule has 0 bridgehead atoms. The Morgan fingerprint density at radius 3 is 3.00 bits per heavy atom. The lowest BCUT2D eigenvalue weighted by molar-refractivity contribution is -0.386. The van der Waals surface area contributed by atoms with E-state index >= 15 is 0 Å². The molecule has 0 spiro atoms. The molecule has 0 fully saturated rings. The predicted molar refractivity (Wildman–Crippen MR) is 45.2 cm³/mol. The predicted octanol–water partition coefficient (Wildman–Crippen LogP) is -0.762. The summed E-state index contributed by atoms with van der Waals surface area (Å²) in [6.07, 6.45) is 0. The average molecular weight is 175 g/mol. The van der Waals surface area contributed by atoms with Gasteiger partial charge in [0, 0.05) is 11.4 Å². The minimum atomic E-state index is 0.565. The van der Waals surface area contributed by atoms with Gasteiger partial charge in [-0.1, -0.05) is 18.2 Å². The summed E-state index contributed by atoms with van der Waals surface area (Å²) in [5, 5.41) is 14.4. The molecule has 5 nitrogen and oxygen atoms in total. The lowest BCUT2D eigenvalue weighted by atomic mass is 10.1. The Bertz CT molecular complexity index is 381. The third-order valence-electron chi connectivity index (χ3n) is 1.79. The average Bonchev–Trinajstić information content (AvgIpc) is 2.71. The van der Waals surface area contributed by atoms with Gasteiger partial charge in [-0.2, -0.15) is 5.21 Å². The van der Waals surface area contributed by atoms with Gasteiger partial charge in [-0.3, -0.25) is 10.3 Å². The summed E-state index contributed by atoms with van der Waals surface area (Å²) in [4.78, 5) is 0. The van der Waals surface area contributed by atoms with Crippen molar-refractivity contribution in [2.24, 2.45) is 0 Å². The Morgan fingerprint density at radius 1 is 1.38 bits per heavy atom. The number of hydrogen-bond donors (Lipinski definition) is 1. The fourth-order valence-electron chi connectivity index (χ4n) is 1.13. The van der Waals surface area contributed by atoms with Gasteiger partial charge in [-0.15, -0.1) is 0 Å². The second-order valence-electron chi connectivity index (χ2n) is 2.65. The van der Waals surface area contributed by atoms with Gasteiger partial charge in [0.05, 0.1) is 6.54 Å². The number of benzene rings is 1. The van der Waals surface area contributed by atoms with Crippen LogP contribution < -0.4 is 10.8 Å². The van der Waals surface area contributed by atoms with E-state index in [1.807, 2.05) is 24.3 Å². The largest absolute Gasteiger partial charge is 0.354 e. The Labute approximate surface area is 75.0 Å². The standard InChI is InChI=1S/C8H8N5/c9-5-6-2-1-3-7(4-6)8-10-12-13-11-8/h1-4H,5,9H2/q-1/p+1. The van der Waals surface area contributed by atoms with Crippen LogP contribution in [0.15, 0.2) is 24.3 Å². The first-order valence-electron chi connectivity index (χ1n) is 3.97. The molecule has 5 heteroatoms. The number of quaternary nitrogens is 1. The maximum absolute atomic E-state index is 3.81. The van der Waals surface area contributed by atoms with E-state index in [4.69, 9.17) is 0 Å². The highest BCUT2D eigenvalue weighted by molar-refractivity contribution is 5.54. The van der Waals surface area contributed by atoms with Crippen LogP contribution in [0.25, 0.3) is 11.4 Å². The Morgan fingerprint density at radius 2 is 2.31 bits per heavy atom. The molecular formula is C8H9N5. The van der Waals surface area contributed by atoms with Gasteiger partial charge in [0.15, 0.2) is 0 Å².